The van der Waals surface area contributed by atoms with Crippen molar-refractivity contribution in [2.75, 3.05) is 0 Å². The standard InChI is InChI=1S/C16H14N2OS/c1-3-7-13(8-4-1)11-15-17-18-16(19-15)12-20-14-9-5-2-6-10-14/h1-10H,11-12H2. The molecule has 2 aromatic carbocycles. The SMILES string of the molecule is c1ccc(Cc2nnc(CSc3ccccc3)o2)cc1. The molecule has 0 radical (unpaired) electrons. The van der Waals surface area contributed by atoms with Gasteiger partial charge in [-0.2, -0.15) is 0 Å². The molecule has 0 aliphatic rings. The smallest absolute Gasteiger partial charge is 0.226 e. The van der Waals surface area contributed by atoms with Crippen molar-refractivity contribution in [2.24, 2.45) is 0 Å². The van der Waals surface area contributed by atoms with Gasteiger partial charge in [0.15, 0.2) is 0 Å². The number of hydrogen-bond acceptors (Lipinski definition) is 4. The first-order valence-electron chi connectivity index (χ1n) is 6.43. The van der Waals surface area contributed by atoms with E-state index in [1.165, 1.54) is 10.5 Å². The van der Waals surface area contributed by atoms with E-state index in [-0.39, 0.29) is 0 Å². The van der Waals surface area contributed by atoms with Crippen molar-refractivity contribution in [1.29, 1.82) is 0 Å². The summed E-state index contributed by atoms with van der Waals surface area (Å²) >= 11 is 1.70. The zero-order chi connectivity index (χ0) is 13.6. The molecule has 0 atom stereocenters. The van der Waals surface area contributed by atoms with Gasteiger partial charge in [0.05, 0.1) is 12.2 Å². The minimum Gasteiger partial charge on any atom is -0.424 e. The lowest BCUT2D eigenvalue weighted by Crippen LogP contribution is -1.87. The van der Waals surface area contributed by atoms with E-state index in [2.05, 4.69) is 34.5 Å². The molecule has 0 amide bonds. The van der Waals surface area contributed by atoms with Crippen LogP contribution in [0.2, 0.25) is 0 Å². The third-order valence-electron chi connectivity index (χ3n) is 2.81. The molecular formula is C16H14N2OS. The van der Waals surface area contributed by atoms with Gasteiger partial charge in [-0.3, -0.25) is 0 Å². The molecule has 0 N–H and O–H groups in total. The molecule has 0 bridgehead atoms. The van der Waals surface area contributed by atoms with E-state index in [1.807, 2.05) is 36.4 Å². The van der Waals surface area contributed by atoms with Crippen molar-refractivity contribution < 1.29 is 4.42 Å². The van der Waals surface area contributed by atoms with E-state index in [1.54, 1.807) is 11.8 Å². The van der Waals surface area contributed by atoms with Crippen LogP contribution in [0.15, 0.2) is 70.0 Å². The molecule has 4 heteroatoms. The molecule has 3 nitrogen and oxygen atoms in total. The second-order valence-corrected chi connectivity index (χ2v) is 5.40. The molecular weight excluding hydrogens is 268 g/mol. The Hall–Kier alpha value is -2.07. The first-order chi connectivity index (χ1) is 9.90. The molecule has 20 heavy (non-hydrogen) atoms. The minimum atomic E-state index is 0.667. The fourth-order valence-corrected chi connectivity index (χ4v) is 2.61. The quantitative estimate of drug-likeness (QED) is 0.664. The van der Waals surface area contributed by atoms with E-state index < -0.39 is 0 Å². The lowest BCUT2D eigenvalue weighted by Gasteiger charge is -1.97. The van der Waals surface area contributed by atoms with Crippen LogP contribution in [0, 0.1) is 0 Å². The van der Waals surface area contributed by atoms with Crippen LogP contribution in [0.3, 0.4) is 0 Å². The molecule has 0 aliphatic carbocycles. The van der Waals surface area contributed by atoms with Crippen LogP contribution in [0.5, 0.6) is 0 Å². The summed E-state index contributed by atoms with van der Waals surface area (Å²) < 4.78 is 5.67. The fraction of sp³-hybridized carbons (Fsp3) is 0.125. The van der Waals surface area contributed by atoms with Crippen LogP contribution >= 0.6 is 11.8 Å². The van der Waals surface area contributed by atoms with Crippen molar-refractivity contribution in [1.82, 2.24) is 10.2 Å². The fourth-order valence-electron chi connectivity index (χ4n) is 1.85. The molecule has 3 rings (SSSR count). The minimum absolute atomic E-state index is 0.667. The van der Waals surface area contributed by atoms with Crippen molar-refractivity contribution in [3.63, 3.8) is 0 Å². The van der Waals surface area contributed by atoms with Gasteiger partial charge in [-0.15, -0.1) is 22.0 Å². The number of benzene rings is 2. The average molecular weight is 282 g/mol. The maximum atomic E-state index is 5.67. The van der Waals surface area contributed by atoms with E-state index >= 15 is 0 Å². The maximum absolute atomic E-state index is 5.67. The molecule has 1 aromatic heterocycles. The Morgan fingerprint density at radius 2 is 1.45 bits per heavy atom. The molecule has 100 valence electrons. The van der Waals surface area contributed by atoms with Gasteiger partial charge in [-0.1, -0.05) is 48.5 Å². The third-order valence-corrected chi connectivity index (χ3v) is 3.81. The zero-order valence-corrected chi connectivity index (χ0v) is 11.7. The summed E-state index contributed by atoms with van der Waals surface area (Å²) in [4.78, 5) is 1.20. The van der Waals surface area contributed by atoms with Crippen LogP contribution in [0.4, 0.5) is 0 Å². The van der Waals surface area contributed by atoms with Gasteiger partial charge in [0.25, 0.3) is 0 Å². The second kappa shape index (κ2) is 6.39. The van der Waals surface area contributed by atoms with Gasteiger partial charge in [0.1, 0.15) is 0 Å². The lowest BCUT2D eigenvalue weighted by molar-refractivity contribution is 0.474. The van der Waals surface area contributed by atoms with Crippen LogP contribution in [-0.4, -0.2) is 10.2 Å². The van der Waals surface area contributed by atoms with Gasteiger partial charge in [-0.05, 0) is 17.7 Å². The molecule has 0 aliphatic heterocycles. The number of aromatic nitrogens is 2. The molecule has 0 unspecified atom stereocenters. The van der Waals surface area contributed by atoms with E-state index in [4.69, 9.17) is 4.42 Å². The monoisotopic (exact) mass is 282 g/mol. The second-order valence-electron chi connectivity index (χ2n) is 4.35. The van der Waals surface area contributed by atoms with E-state index in [9.17, 15) is 0 Å². The number of nitrogens with zero attached hydrogens (tertiary/aromatic N) is 2. The Balaban J connectivity index is 1.60. The highest BCUT2D eigenvalue weighted by molar-refractivity contribution is 7.98. The Morgan fingerprint density at radius 3 is 2.20 bits per heavy atom. The average Bonchev–Trinajstić information content (AvgIpc) is 2.95. The van der Waals surface area contributed by atoms with Gasteiger partial charge in [-0.25, -0.2) is 0 Å². The predicted octanol–water partition coefficient (Wildman–Crippen LogP) is 3.95. The van der Waals surface area contributed by atoms with Crippen LogP contribution in [-0.2, 0) is 12.2 Å². The first-order valence-corrected chi connectivity index (χ1v) is 7.42. The maximum Gasteiger partial charge on any atom is 0.226 e. The topological polar surface area (TPSA) is 38.9 Å². The first kappa shape index (κ1) is 12.9. The summed E-state index contributed by atoms with van der Waals surface area (Å²) in [5, 5.41) is 8.18. The largest absolute Gasteiger partial charge is 0.424 e. The summed E-state index contributed by atoms with van der Waals surface area (Å²) in [6.07, 6.45) is 0.684. The molecule has 0 spiro atoms. The summed E-state index contributed by atoms with van der Waals surface area (Å²) in [7, 11) is 0. The zero-order valence-electron chi connectivity index (χ0n) is 10.9. The number of thioether (sulfide) groups is 1. The Bertz CT molecular complexity index is 653. The van der Waals surface area contributed by atoms with Gasteiger partial charge < -0.3 is 4.42 Å². The van der Waals surface area contributed by atoms with Gasteiger partial charge in [0, 0.05) is 4.90 Å². The van der Waals surface area contributed by atoms with Crippen molar-refractivity contribution in [3.05, 3.63) is 78.0 Å². The van der Waals surface area contributed by atoms with Crippen molar-refractivity contribution >= 4 is 11.8 Å². The Morgan fingerprint density at radius 1 is 0.800 bits per heavy atom. The number of hydrogen-bond donors (Lipinski definition) is 0. The summed E-state index contributed by atoms with van der Waals surface area (Å²) in [6.45, 7) is 0. The van der Waals surface area contributed by atoms with Crippen LogP contribution < -0.4 is 0 Å². The summed E-state index contributed by atoms with van der Waals surface area (Å²) in [5.74, 6) is 2.04. The van der Waals surface area contributed by atoms with Crippen LogP contribution in [0.1, 0.15) is 17.3 Å². The van der Waals surface area contributed by atoms with E-state index in [0.29, 0.717) is 24.0 Å². The van der Waals surface area contributed by atoms with Crippen molar-refractivity contribution in [3.8, 4) is 0 Å². The Labute approximate surface area is 122 Å². The molecule has 0 saturated carbocycles. The normalized spacial score (nSPS) is 10.6. The molecule has 0 fully saturated rings. The summed E-state index contributed by atoms with van der Waals surface area (Å²) in [6, 6.07) is 20.3. The molecule has 0 saturated heterocycles. The predicted molar refractivity (Wildman–Crippen MR) is 79.5 cm³/mol. The molecule has 1 heterocycles. The van der Waals surface area contributed by atoms with E-state index in [0.717, 1.165) is 0 Å². The highest BCUT2D eigenvalue weighted by Crippen LogP contribution is 2.21. The van der Waals surface area contributed by atoms with Crippen molar-refractivity contribution in [2.45, 2.75) is 17.1 Å². The van der Waals surface area contributed by atoms with Crippen LogP contribution in [0.25, 0.3) is 0 Å². The van der Waals surface area contributed by atoms with Gasteiger partial charge in [0.2, 0.25) is 11.8 Å². The number of rotatable bonds is 5. The highest BCUT2D eigenvalue weighted by atomic mass is 32.2. The lowest BCUT2D eigenvalue weighted by atomic mass is 10.2. The summed E-state index contributed by atoms with van der Waals surface area (Å²) in [5.41, 5.74) is 1.18. The van der Waals surface area contributed by atoms with Gasteiger partial charge >= 0.3 is 0 Å². The molecule has 3 aromatic rings. The highest BCUT2D eigenvalue weighted by Gasteiger charge is 2.07. The Kier molecular flexibility index (Phi) is 4.13. The third kappa shape index (κ3) is 3.48.